The summed E-state index contributed by atoms with van der Waals surface area (Å²) in [4.78, 5) is 2.64. The van der Waals surface area contributed by atoms with Crippen LogP contribution in [0.1, 0.15) is 64.4 Å². The van der Waals surface area contributed by atoms with Crippen LogP contribution in [0.3, 0.4) is 0 Å². The Morgan fingerprint density at radius 3 is 2.22 bits per heavy atom. The molecule has 0 saturated heterocycles. The van der Waals surface area contributed by atoms with Gasteiger partial charge in [0.15, 0.2) is 0 Å². The minimum Gasteiger partial charge on any atom is -0.493 e. The predicted molar refractivity (Wildman–Crippen MR) is 102 cm³/mol. The van der Waals surface area contributed by atoms with E-state index in [0.717, 1.165) is 24.3 Å². The van der Waals surface area contributed by atoms with E-state index in [2.05, 4.69) is 25.3 Å². The summed E-state index contributed by atoms with van der Waals surface area (Å²) >= 11 is 0. The molecule has 0 bridgehead atoms. The predicted octanol–water partition coefficient (Wildman–Crippen LogP) is 5.78. The fraction of sp³-hybridized carbons (Fsp3) is 0.619. The van der Waals surface area contributed by atoms with Gasteiger partial charge in [0.2, 0.25) is 0 Å². The van der Waals surface area contributed by atoms with Crippen LogP contribution in [0.4, 0.5) is 0 Å². The van der Waals surface area contributed by atoms with Crippen molar-refractivity contribution in [3.8, 4) is 5.75 Å². The Hall–Kier alpha value is -1.28. The largest absolute Gasteiger partial charge is 0.493 e. The molecule has 0 amide bonds. The summed E-state index contributed by atoms with van der Waals surface area (Å²) < 4.78 is 5.88. The van der Waals surface area contributed by atoms with Crippen LogP contribution in [0.5, 0.6) is 5.75 Å². The van der Waals surface area contributed by atoms with Crippen molar-refractivity contribution in [3.63, 3.8) is 0 Å². The highest BCUT2D eigenvalue weighted by atomic mass is 16.5. The third kappa shape index (κ3) is 8.80. The first-order valence-corrected chi connectivity index (χ1v) is 9.38. The van der Waals surface area contributed by atoms with Gasteiger partial charge < -0.3 is 9.64 Å². The standard InChI is InChI=1S/C21H35NO/c1-4-7-16-22(17-8-5-2)18-12-9-13-19-23-21-15-11-10-14-20(21)6-3/h6,10-11,14-15H,3-5,7-9,12-13,16-19H2,1-2H3. The summed E-state index contributed by atoms with van der Waals surface area (Å²) in [7, 11) is 0. The second-order valence-electron chi connectivity index (χ2n) is 6.20. The van der Waals surface area contributed by atoms with E-state index in [9.17, 15) is 0 Å². The third-order valence-electron chi connectivity index (χ3n) is 4.17. The number of para-hydroxylation sites is 1. The summed E-state index contributed by atoms with van der Waals surface area (Å²) in [6.45, 7) is 12.9. The van der Waals surface area contributed by atoms with Crippen molar-refractivity contribution in [2.45, 2.75) is 58.8 Å². The first-order chi connectivity index (χ1) is 11.3. The molecule has 0 spiro atoms. The lowest BCUT2D eigenvalue weighted by molar-refractivity contribution is 0.252. The summed E-state index contributed by atoms with van der Waals surface area (Å²) in [6, 6.07) is 8.10. The van der Waals surface area contributed by atoms with Gasteiger partial charge >= 0.3 is 0 Å². The van der Waals surface area contributed by atoms with Gasteiger partial charge in [-0.15, -0.1) is 0 Å². The van der Waals surface area contributed by atoms with Crippen LogP contribution in [0.2, 0.25) is 0 Å². The van der Waals surface area contributed by atoms with Crippen LogP contribution in [-0.4, -0.2) is 31.1 Å². The molecule has 0 atom stereocenters. The molecule has 0 aromatic heterocycles. The zero-order chi connectivity index (χ0) is 16.8. The number of rotatable bonds is 14. The molecule has 0 N–H and O–H groups in total. The molecule has 0 fully saturated rings. The number of nitrogens with zero attached hydrogens (tertiary/aromatic N) is 1. The molecule has 2 heteroatoms. The third-order valence-corrected chi connectivity index (χ3v) is 4.17. The fourth-order valence-electron chi connectivity index (χ4n) is 2.68. The smallest absolute Gasteiger partial charge is 0.126 e. The second-order valence-corrected chi connectivity index (χ2v) is 6.20. The molecular weight excluding hydrogens is 282 g/mol. The number of ether oxygens (including phenoxy) is 1. The quantitative estimate of drug-likeness (QED) is 0.403. The molecule has 0 unspecified atom stereocenters. The van der Waals surface area contributed by atoms with Crippen LogP contribution >= 0.6 is 0 Å². The summed E-state index contributed by atoms with van der Waals surface area (Å²) in [5, 5.41) is 0. The average Bonchev–Trinajstić information content (AvgIpc) is 2.59. The van der Waals surface area contributed by atoms with Crippen LogP contribution in [0.25, 0.3) is 6.08 Å². The molecule has 23 heavy (non-hydrogen) atoms. The van der Waals surface area contributed by atoms with Gasteiger partial charge in [0.05, 0.1) is 6.61 Å². The van der Waals surface area contributed by atoms with Crippen molar-refractivity contribution in [3.05, 3.63) is 36.4 Å². The van der Waals surface area contributed by atoms with Gasteiger partial charge in [0.25, 0.3) is 0 Å². The van der Waals surface area contributed by atoms with Gasteiger partial charge in [-0.25, -0.2) is 0 Å². The van der Waals surface area contributed by atoms with Crippen LogP contribution < -0.4 is 4.74 Å². The summed E-state index contributed by atoms with van der Waals surface area (Å²) in [6.07, 6.45) is 10.7. The zero-order valence-corrected chi connectivity index (χ0v) is 15.2. The fourth-order valence-corrected chi connectivity index (χ4v) is 2.68. The van der Waals surface area contributed by atoms with Gasteiger partial charge in [0, 0.05) is 5.56 Å². The molecule has 0 aliphatic rings. The van der Waals surface area contributed by atoms with E-state index in [0.29, 0.717) is 0 Å². The minimum atomic E-state index is 0.800. The Morgan fingerprint density at radius 2 is 1.57 bits per heavy atom. The van der Waals surface area contributed by atoms with Crippen molar-refractivity contribution in [2.75, 3.05) is 26.2 Å². The molecule has 130 valence electrons. The zero-order valence-electron chi connectivity index (χ0n) is 15.2. The molecule has 1 aromatic carbocycles. The number of benzene rings is 1. The maximum atomic E-state index is 5.88. The molecular formula is C21H35NO. The number of hydrogen-bond donors (Lipinski definition) is 0. The van der Waals surface area contributed by atoms with Crippen molar-refractivity contribution in [1.29, 1.82) is 0 Å². The lowest BCUT2D eigenvalue weighted by atomic mass is 10.2. The molecule has 0 aliphatic heterocycles. The first-order valence-electron chi connectivity index (χ1n) is 9.38. The Kier molecular flexibility index (Phi) is 11.3. The van der Waals surface area contributed by atoms with E-state index in [1.54, 1.807) is 0 Å². The summed E-state index contributed by atoms with van der Waals surface area (Å²) in [5.41, 5.74) is 1.08. The molecule has 0 saturated carbocycles. The normalized spacial score (nSPS) is 10.9. The van der Waals surface area contributed by atoms with E-state index in [1.807, 2.05) is 30.3 Å². The van der Waals surface area contributed by atoms with Crippen molar-refractivity contribution in [1.82, 2.24) is 4.90 Å². The lowest BCUT2D eigenvalue weighted by Crippen LogP contribution is -2.27. The van der Waals surface area contributed by atoms with Crippen LogP contribution in [-0.2, 0) is 0 Å². The van der Waals surface area contributed by atoms with E-state index in [-0.39, 0.29) is 0 Å². The Bertz CT molecular complexity index is 408. The van der Waals surface area contributed by atoms with E-state index in [1.165, 1.54) is 58.2 Å². The van der Waals surface area contributed by atoms with E-state index >= 15 is 0 Å². The molecule has 0 radical (unpaired) electrons. The Labute approximate surface area is 143 Å². The van der Waals surface area contributed by atoms with Crippen LogP contribution in [0.15, 0.2) is 30.8 Å². The van der Waals surface area contributed by atoms with E-state index < -0.39 is 0 Å². The highest BCUT2D eigenvalue weighted by molar-refractivity contribution is 5.55. The lowest BCUT2D eigenvalue weighted by Gasteiger charge is -2.21. The average molecular weight is 318 g/mol. The van der Waals surface area contributed by atoms with Crippen molar-refractivity contribution < 1.29 is 4.74 Å². The molecule has 0 heterocycles. The molecule has 0 aliphatic carbocycles. The number of unbranched alkanes of at least 4 members (excludes halogenated alkanes) is 4. The van der Waals surface area contributed by atoms with Gasteiger partial charge in [-0.3, -0.25) is 0 Å². The van der Waals surface area contributed by atoms with Gasteiger partial charge in [-0.05, 0) is 57.8 Å². The maximum absolute atomic E-state index is 5.88. The van der Waals surface area contributed by atoms with Crippen molar-refractivity contribution in [2.24, 2.45) is 0 Å². The molecule has 1 aromatic rings. The summed E-state index contributed by atoms with van der Waals surface area (Å²) in [5.74, 6) is 0.954. The van der Waals surface area contributed by atoms with Crippen molar-refractivity contribution >= 4 is 6.08 Å². The topological polar surface area (TPSA) is 12.5 Å². The molecule has 2 nitrogen and oxygen atoms in total. The van der Waals surface area contributed by atoms with Gasteiger partial charge in [-0.1, -0.05) is 57.5 Å². The Balaban J connectivity index is 2.16. The molecule has 1 rings (SSSR count). The van der Waals surface area contributed by atoms with Gasteiger partial charge in [-0.2, -0.15) is 0 Å². The maximum Gasteiger partial charge on any atom is 0.126 e. The van der Waals surface area contributed by atoms with Crippen LogP contribution in [0, 0.1) is 0 Å². The highest BCUT2D eigenvalue weighted by Crippen LogP contribution is 2.19. The second kappa shape index (κ2) is 13.2. The van der Waals surface area contributed by atoms with Gasteiger partial charge in [0.1, 0.15) is 5.75 Å². The Morgan fingerprint density at radius 1 is 0.913 bits per heavy atom. The monoisotopic (exact) mass is 317 g/mol. The highest BCUT2D eigenvalue weighted by Gasteiger charge is 2.04. The minimum absolute atomic E-state index is 0.800. The SMILES string of the molecule is C=Cc1ccccc1OCCCCCN(CCCC)CCCC. The van der Waals surface area contributed by atoms with E-state index in [4.69, 9.17) is 4.74 Å². The first kappa shape index (κ1) is 19.8. The number of hydrogen-bond acceptors (Lipinski definition) is 2.